The lowest BCUT2D eigenvalue weighted by Gasteiger charge is -2.04. The number of aliphatic hydroxyl groups is 1. The number of benzene rings is 2. The minimum atomic E-state index is -0.275. The summed E-state index contributed by atoms with van der Waals surface area (Å²) in [4.78, 5) is 0. The molecule has 23 heavy (non-hydrogen) atoms. The monoisotopic (exact) mass is 387 g/mol. The van der Waals surface area contributed by atoms with Crippen LogP contribution in [-0.2, 0) is 6.61 Å². The molecular weight excluding hydrogens is 380 g/mol. The zero-order chi connectivity index (χ0) is 16.6. The standard InChI is InChI=1S/C16H9Cl4NO2/c17-10-1-8(2-11(18)5-10)15-14(7-22)16(23-21-15)9-3-12(19)6-13(20)4-9/h1-6,22H,7H2. The molecule has 0 spiro atoms. The number of aliphatic hydroxyl groups excluding tert-OH is 1. The molecule has 0 aliphatic carbocycles. The first kappa shape index (κ1) is 16.6. The molecule has 2 aromatic carbocycles. The van der Waals surface area contributed by atoms with Crippen LogP contribution in [0.5, 0.6) is 0 Å². The first-order chi connectivity index (χ1) is 11.0. The van der Waals surface area contributed by atoms with E-state index in [0.717, 1.165) is 0 Å². The van der Waals surface area contributed by atoms with Gasteiger partial charge in [0.15, 0.2) is 5.76 Å². The van der Waals surface area contributed by atoms with Gasteiger partial charge < -0.3 is 9.63 Å². The van der Waals surface area contributed by atoms with Crippen LogP contribution in [-0.4, -0.2) is 10.3 Å². The number of hydrogen-bond acceptors (Lipinski definition) is 3. The summed E-state index contributed by atoms with van der Waals surface area (Å²) in [7, 11) is 0. The third-order valence-electron chi connectivity index (χ3n) is 3.21. The van der Waals surface area contributed by atoms with Gasteiger partial charge in [-0.1, -0.05) is 51.6 Å². The molecule has 0 bridgehead atoms. The van der Waals surface area contributed by atoms with Crippen LogP contribution >= 0.6 is 46.4 Å². The summed E-state index contributed by atoms with van der Waals surface area (Å²) in [5.74, 6) is 0.392. The molecule has 0 saturated heterocycles. The van der Waals surface area contributed by atoms with E-state index >= 15 is 0 Å². The van der Waals surface area contributed by atoms with Crippen molar-refractivity contribution < 1.29 is 9.63 Å². The highest BCUT2D eigenvalue weighted by Gasteiger charge is 2.19. The number of nitrogens with zero attached hydrogens (tertiary/aromatic N) is 1. The fourth-order valence-corrected chi connectivity index (χ4v) is 3.34. The van der Waals surface area contributed by atoms with Gasteiger partial charge in [-0.05, 0) is 36.4 Å². The highest BCUT2D eigenvalue weighted by atomic mass is 35.5. The lowest BCUT2D eigenvalue weighted by atomic mass is 10.0. The molecule has 1 N–H and O–H groups in total. The van der Waals surface area contributed by atoms with Crippen molar-refractivity contribution in [2.24, 2.45) is 0 Å². The van der Waals surface area contributed by atoms with Crippen LogP contribution in [0.4, 0.5) is 0 Å². The van der Waals surface area contributed by atoms with E-state index < -0.39 is 0 Å². The molecule has 0 amide bonds. The van der Waals surface area contributed by atoms with Crippen molar-refractivity contribution in [3.05, 3.63) is 62.1 Å². The highest BCUT2D eigenvalue weighted by molar-refractivity contribution is 6.35. The van der Waals surface area contributed by atoms with Gasteiger partial charge in [0.2, 0.25) is 0 Å². The van der Waals surface area contributed by atoms with Crippen molar-refractivity contribution in [1.82, 2.24) is 5.16 Å². The van der Waals surface area contributed by atoms with Crippen LogP contribution in [0.3, 0.4) is 0 Å². The second kappa shape index (κ2) is 6.71. The Morgan fingerprint density at radius 2 is 1.26 bits per heavy atom. The molecule has 0 fully saturated rings. The van der Waals surface area contributed by atoms with Crippen LogP contribution in [0.1, 0.15) is 5.56 Å². The lowest BCUT2D eigenvalue weighted by molar-refractivity contribution is 0.281. The second-order valence-corrected chi connectivity index (χ2v) is 6.56. The normalized spacial score (nSPS) is 11.0. The summed E-state index contributed by atoms with van der Waals surface area (Å²) in [6.45, 7) is -0.275. The van der Waals surface area contributed by atoms with Gasteiger partial charge in [0.25, 0.3) is 0 Å². The smallest absolute Gasteiger partial charge is 0.173 e. The molecule has 0 aliphatic rings. The summed E-state index contributed by atoms with van der Waals surface area (Å²) >= 11 is 24.1. The van der Waals surface area contributed by atoms with E-state index in [0.29, 0.717) is 48.2 Å². The summed E-state index contributed by atoms with van der Waals surface area (Å²) in [6, 6.07) is 9.98. The van der Waals surface area contributed by atoms with Gasteiger partial charge >= 0.3 is 0 Å². The molecule has 3 aromatic rings. The molecule has 0 radical (unpaired) electrons. The summed E-state index contributed by atoms with van der Waals surface area (Å²) in [6.07, 6.45) is 0. The maximum absolute atomic E-state index is 9.76. The predicted octanol–water partition coefficient (Wildman–Crippen LogP) is 6.11. The van der Waals surface area contributed by atoms with E-state index in [1.807, 2.05) is 0 Å². The maximum Gasteiger partial charge on any atom is 0.173 e. The van der Waals surface area contributed by atoms with Crippen molar-refractivity contribution >= 4 is 46.4 Å². The van der Waals surface area contributed by atoms with E-state index in [9.17, 15) is 5.11 Å². The fraction of sp³-hybridized carbons (Fsp3) is 0.0625. The predicted molar refractivity (Wildman–Crippen MR) is 93.3 cm³/mol. The quantitative estimate of drug-likeness (QED) is 0.588. The average molecular weight is 389 g/mol. The SMILES string of the molecule is OCc1c(-c2cc(Cl)cc(Cl)c2)noc1-c1cc(Cl)cc(Cl)c1. The molecule has 3 rings (SSSR count). The fourth-order valence-electron chi connectivity index (χ4n) is 2.29. The van der Waals surface area contributed by atoms with Crippen molar-refractivity contribution in [3.8, 4) is 22.6 Å². The van der Waals surface area contributed by atoms with Crippen molar-refractivity contribution in [2.45, 2.75) is 6.61 Å². The van der Waals surface area contributed by atoms with E-state index in [-0.39, 0.29) is 6.61 Å². The molecule has 118 valence electrons. The molecule has 0 saturated carbocycles. The Kier molecular flexibility index (Phi) is 4.85. The van der Waals surface area contributed by atoms with Gasteiger partial charge in [0, 0.05) is 31.2 Å². The topological polar surface area (TPSA) is 46.3 Å². The Morgan fingerprint density at radius 3 is 1.74 bits per heavy atom. The van der Waals surface area contributed by atoms with Gasteiger partial charge in [-0.3, -0.25) is 0 Å². The van der Waals surface area contributed by atoms with Crippen molar-refractivity contribution in [3.63, 3.8) is 0 Å². The Hall–Kier alpha value is -1.23. The van der Waals surface area contributed by atoms with Crippen molar-refractivity contribution in [1.29, 1.82) is 0 Å². The van der Waals surface area contributed by atoms with Crippen LogP contribution in [0.15, 0.2) is 40.9 Å². The lowest BCUT2D eigenvalue weighted by Crippen LogP contribution is -1.89. The zero-order valence-corrected chi connectivity index (χ0v) is 14.5. The number of halogens is 4. The first-order valence-electron chi connectivity index (χ1n) is 6.50. The number of rotatable bonds is 3. The van der Waals surface area contributed by atoms with Gasteiger partial charge in [-0.15, -0.1) is 0 Å². The number of aromatic nitrogens is 1. The summed E-state index contributed by atoms with van der Waals surface area (Å²) in [5.41, 5.74) is 2.23. The van der Waals surface area contributed by atoms with E-state index in [1.165, 1.54) is 0 Å². The van der Waals surface area contributed by atoms with Crippen LogP contribution in [0, 0.1) is 0 Å². The van der Waals surface area contributed by atoms with Gasteiger partial charge in [-0.2, -0.15) is 0 Å². The third-order valence-corrected chi connectivity index (χ3v) is 4.08. The molecule has 0 aliphatic heterocycles. The maximum atomic E-state index is 9.76. The van der Waals surface area contributed by atoms with Crippen LogP contribution < -0.4 is 0 Å². The molecule has 0 unspecified atom stereocenters. The number of hydrogen-bond donors (Lipinski definition) is 1. The van der Waals surface area contributed by atoms with Gasteiger partial charge in [-0.25, -0.2) is 0 Å². The molecule has 0 atom stereocenters. The van der Waals surface area contributed by atoms with Crippen molar-refractivity contribution in [2.75, 3.05) is 0 Å². The molecule has 1 heterocycles. The van der Waals surface area contributed by atoms with E-state index in [4.69, 9.17) is 50.9 Å². The molecule has 7 heteroatoms. The first-order valence-corrected chi connectivity index (χ1v) is 8.01. The molecule has 1 aromatic heterocycles. The summed E-state index contributed by atoms with van der Waals surface area (Å²) < 4.78 is 5.40. The van der Waals surface area contributed by atoms with E-state index in [2.05, 4.69) is 5.16 Å². The second-order valence-electron chi connectivity index (χ2n) is 4.81. The van der Waals surface area contributed by atoms with Gasteiger partial charge in [0.05, 0.1) is 12.2 Å². The highest BCUT2D eigenvalue weighted by Crippen LogP contribution is 2.36. The third kappa shape index (κ3) is 3.49. The van der Waals surface area contributed by atoms with E-state index in [1.54, 1.807) is 36.4 Å². The minimum absolute atomic E-state index is 0.275. The summed E-state index contributed by atoms with van der Waals surface area (Å²) in [5, 5.41) is 15.6. The minimum Gasteiger partial charge on any atom is -0.391 e. The average Bonchev–Trinajstić information content (AvgIpc) is 2.88. The largest absolute Gasteiger partial charge is 0.391 e. The van der Waals surface area contributed by atoms with Crippen LogP contribution in [0.25, 0.3) is 22.6 Å². The Labute approximate surface area is 152 Å². The molecular formula is C16H9Cl4NO2. The Morgan fingerprint density at radius 1 is 0.783 bits per heavy atom. The zero-order valence-electron chi connectivity index (χ0n) is 11.5. The van der Waals surface area contributed by atoms with Crippen LogP contribution in [0.2, 0.25) is 20.1 Å². The molecule has 3 nitrogen and oxygen atoms in total. The Balaban J connectivity index is 2.16. The Bertz CT molecular complexity index is 767. The van der Waals surface area contributed by atoms with Gasteiger partial charge in [0.1, 0.15) is 5.69 Å².